The standard InChI is InChI=1S/C13H25N3O2/c1-2-5-11(10-14)13(18)15-7-6-12(17)16-8-3-4-9-16/h11H,2-10,14H2,1H3,(H,15,18). The molecule has 1 rings (SSSR count). The van der Waals surface area contributed by atoms with Crippen molar-refractivity contribution < 1.29 is 9.59 Å². The highest BCUT2D eigenvalue weighted by Crippen LogP contribution is 2.08. The summed E-state index contributed by atoms with van der Waals surface area (Å²) in [6.07, 6.45) is 4.35. The predicted octanol–water partition coefficient (Wildman–Crippen LogP) is 0.490. The van der Waals surface area contributed by atoms with Gasteiger partial charge in [0, 0.05) is 32.6 Å². The van der Waals surface area contributed by atoms with Crippen molar-refractivity contribution in [1.29, 1.82) is 0 Å². The van der Waals surface area contributed by atoms with Crippen LogP contribution >= 0.6 is 0 Å². The molecule has 18 heavy (non-hydrogen) atoms. The van der Waals surface area contributed by atoms with Crippen LogP contribution in [0.25, 0.3) is 0 Å². The molecule has 0 aromatic heterocycles. The van der Waals surface area contributed by atoms with E-state index in [0.29, 0.717) is 19.5 Å². The average Bonchev–Trinajstić information content (AvgIpc) is 2.89. The summed E-state index contributed by atoms with van der Waals surface area (Å²) in [6, 6.07) is 0. The fourth-order valence-corrected chi connectivity index (χ4v) is 2.27. The van der Waals surface area contributed by atoms with Crippen LogP contribution < -0.4 is 11.1 Å². The van der Waals surface area contributed by atoms with Crippen LogP contribution in [0, 0.1) is 5.92 Å². The minimum atomic E-state index is -0.114. The SMILES string of the molecule is CCCC(CN)C(=O)NCCC(=O)N1CCCC1. The van der Waals surface area contributed by atoms with Crippen molar-refractivity contribution in [2.45, 2.75) is 39.0 Å². The van der Waals surface area contributed by atoms with Gasteiger partial charge in [0.25, 0.3) is 0 Å². The molecule has 0 aromatic carbocycles. The minimum absolute atomic E-state index is 0.0198. The number of likely N-dealkylation sites (tertiary alicyclic amines) is 1. The van der Waals surface area contributed by atoms with Crippen molar-refractivity contribution in [2.75, 3.05) is 26.2 Å². The monoisotopic (exact) mass is 255 g/mol. The molecule has 104 valence electrons. The van der Waals surface area contributed by atoms with Crippen LogP contribution in [0.4, 0.5) is 0 Å². The summed E-state index contributed by atoms with van der Waals surface area (Å²) >= 11 is 0. The molecule has 1 aliphatic heterocycles. The maximum atomic E-state index is 11.8. The molecule has 0 radical (unpaired) electrons. The molecule has 5 heteroatoms. The highest BCUT2D eigenvalue weighted by molar-refractivity contribution is 5.80. The van der Waals surface area contributed by atoms with Gasteiger partial charge in [-0.2, -0.15) is 0 Å². The second-order valence-electron chi connectivity index (χ2n) is 4.85. The van der Waals surface area contributed by atoms with E-state index in [1.165, 1.54) is 0 Å². The molecule has 1 atom stereocenters. The van der Waals surface area contributed by atoms with Gasteiger partial charge < -0.3 is 16.0 Å². The molecule has 0 saturated carbocycles. The highest BCUT2D eigenvalue weighted by atomic mass is 16.2. The zero-order chi connectivity index (χ0) is 13.4. The highest BCUT2D eigenvalue weighted by Gasteiger charge is 2.19. The Kier molecular flexibility index (Phi) is 6.72. The van der Waals surface area contributed by atoms with Gasteiger partial charge in [0.05, 0.1) is 5.92 Å². The van der Waals surface area contributed by atoms with E-state index in [2.05, 4.69) is 5.32 Å². The average molecular weight is 255 g/mol. The summed E-state index contributed by atoms with van der Waals surface area (Å²) < 4.78 is 0. The first-order valence-electron chi connectivity index (χ1n) is 6.94. The van der Waals surface area contributed by atoms with Gasteiger partial charge in [-0.15, -0.1) is 0 Å². The molecule has 1 saturated heterocycles. The summed E-state index contributed by atoms with van der Waals surface area (Å²) in [7, 11) is 0. The van der Waals surface area contributed by atoms with Crippen LogP contribution in [-0.2, 0) is 9.59 Å². The lowest BCUT2D eigenvalue weighted by atomic mass is 10.0. The second kappa shape index (κ2) is 8.08. The van der Waals surface area contributed by atoms with Crippen LogP contribution in [0.2, 0.25) is 0 Å². The Balaban J connectivity index is 2.19. The number of amides is 2. The number of hydrogen-bond donors (Lipinski definition) is 2. The molecule has 0 aliphatic carbocycles. The van der Waals surface area contributed by atoms with Gasteiger partial charge in [-0.3, -0.25) is 9.59 Å². The van der Waals surface area contributed by atoms with Crippen LogP contribution in [0.1, 0.15) is 39.0 Å². The summed E-state index contributed by atoms with van der Waals surface area (Å²) in [5.74, 6) is 0.0121. The third-order valence-electron chi connectivity index (χ3n) is 3.39. The molecule has 0 aromatic rings. The van der Waals surface area contributed by atoms with Gasteiger partial charge in [0.15, 0.2) is 0 Å². The van der Waals surface area contributed by atoms with Crippen molar-refractivity contribution in [3.05, 3.63) is 0 Å². The Morgan fingerprint density at radius 2 is 2.00 bits per heavy atom. The first-order chi connectivity index (χ1) is 8.69. The number of nitrogens with one attached hydrogen (secondary N) is 1. The van der Waals surface area contributed by atoms with E-state index >= 15 is 0 Å². The van der Waals surface area contributed by atoms with Gasteiger partial charge >= 0.3 is 0 Å². The molecule has 1 heterocycles. The van der Waals surface area contributed by atoms with Crippen LogP contribution in [0.3, 0.4) is 0 Å². The van der Waals surface area contributed by atoms with Crippen molar-refractivity contribution in [2.24, 2.45) is 11.7 Å². The Bertz CT molecular complexity index is 275. The van der Waals surface area contributed by atoms with Crippen molar-refractivity contribution in [3.63, 3.8) is 0 Å². The van der Waals surface area contributed by atoms with Gasteiger partial charge in [0.2, 0.25) is 11.8 Å². The Hall–Kier alpha value is -1.10. The first-order valence-corrected chi connectivity index (χ1v) is 6.94. The van der Waals surface area contributed by atoms with E-state index in [-0.39, 0.29) is 17.7 Å². The van der Waals surface area contributed by atoms with Crippen molar-refractivity contribution >= 4 is 11.8 Å². The number of hydrogen-bond acceptors (Lipinski definition) is 3. The summed E-state index contributed by atoms with van der Waals surface area (Å²) in [5, 5.41) is 2.81. The van der Waals surface area contributed by atoms with Crippen molar-refractivity contribution in [3.8, 4) is 0 Å². The fourth-order valence-electron chi connectivity index (χ4n) is 2.27. The van der Waals surface area contributed by atoms with E-state index < -0.39 is 0 Å². The number of nitrogens with two attached hydrogens (primary N) is 1. The lowest BCUT2D eigenvalue weighted by Gasteiger charge is -2.17. The summed E-state index contributed by atoms with van der Waals surface area (Å²) in [4.78, 5) is 25.4. The quantitative estimate of drug-likeness (QED) is 0.695. The lowest BCUT2D eigenvalue weighted by Crippen LogP contribution is -2.37. The molecule has 5 nitrogen and oxygen atoms in total. The van der Waals surface area contributed by atoms with Crippen LogP contribution in [0.5, 0.6) is 0 Å². The molecule has 1 fully saturated rings. The lowest BCUT2D eigenvalue weighted by molar-refractivity contribution is -0.130. The molecule has 0 bridgehead atoms. The van der Waals surface area contributed by atoms with Gasteiger partial charge in [0.1, 0.15) is 0 Å². The minimum Gasteiger partial charge on any atom is -0.355 e. The van der Waals surface area contributed by atoms with E-state index in [1.807, 2.05) is 11.8 Å². The van der Waals surface area contributed by atoms with Gasteiger partial charge in [-0.1, -0.05) is 13.3 Å². The second-order valence-corrected chi connectivity index (χ2v) is 4.85. The Labute approximate surface area is 109 Å². The molecule has 3 N–H and O–H groups in total. The Morgan fingerprint density at radius 3 is 2.56 bits per heavy atom. The molecule has 1 aliphatic rings. The third-order valence-corrected chi connectivity index (χ3v) is 3.39. The van der Waals surface area contributed by atoms with E-state index in [4.69, 9.17) is 5.73 Å². The topological polar surface area (TPSA) is 75.4 Å². The molecular formula is C13H25N3O2. The zero-order valence-electron chi connectivity index (χ0n) is 11.3. The molecule has 2 amide bonds. The zero-order valence-corrected chi connectivity index (χ0v) is 11.3. The normalized spacial score (nSPS) is 16.7. The Morgan fingerprint density at radius 1 is 1.33 bits per heavy atom. The number of carbonyl (C=O) groups excluding carboxylic acids is 2. The van der Waals surface area contributed by atoms with Crippen LogP contribution in [0.15, 0.2) is 0 Å². The number of nitrogens with zero attached hydrogens (tertiary/aromatic N) is 1. The largest absolute Gasteiger partial charge is 0.355 e. The van der Waals surface area contributed by atoms with Crippen LogP contribution in [-0.4, -0.2) is 42.9 Å². The summed E-state index contributed by atoms with van der Waals surface area (Å²) in [5.41, 5.74) is 5.55. The fraction of sp³-hybridized carbons (Fsp3) is 0.846. The molecular weight excluding hydrogens is 230 g/mol. The van der Waals surface area contributed by atoms with Gasteiger partial charge in [-0.25, -0.2) is 0 Å². The van der Waals surface area contributed by atoms with E-state index in [1.54, 1.807) is 0 Å². The smallest absolute Gasteiger partial charge is 0.224 e. The number of rotatable bonds is 7. The molecule has 1 unspecified atom stereocenters. The van der Waals surface area contributed by atoms with Gasteiger partial charge in [-0.05, 0) is 19.3 Å². The van der Waals surface area contributed by atoms with E-state index in [9.17, 15) is 9.59 Å². The maximum Gasteiger partial charge on any atom is 0.224 e. The maximum absolute atomic E-state index is 11.8. The molecule has 0 spiro atoms. The number of carbonyl (C=O) groups is 2. The van der Waals surface area contributed by atoms with E-state index in [0.717, 1.165) is 38.8 Å². The predicted molar refractivity (Wildman–Crippen MR) is 70.9 cm³/mol. The summed E-state index contributed by atoms with van der Waals surface area (Å²) in [6.45, 7) is 4.57. The third kappa shape index (κ3) is 4.64. The first kappa shape index (κ1) is 15.0. The van der Waals surface area contributed by atoms with Crippen molar-refractivity contribution in [1.82, 2.24) is 10.2 Å².